The Kier molecular flexibility index (Phi) is 3.47. The van der Waals surface area contributed by atoms with Crippen molar-refractivity contribution in [3.63, 3.8) is 0 Å². The van der Waals surface area contributed by atoms with E-state index in [1.54, 1.807) is 6.07 Å². The highest BCUT2D eigenvalue weighted by molar-refractivity contribution is 6.00. The molecular formula is C20H17NO3. The summed E-state index contributed by atoms with van der Waals surface area (Å²) in [6, 6.07) is 17.9. The lowest BCUT2D eigenvalue weighted by atomic mass is 10.0. The summed E-state index contributed by atoms with van der Waals surface area (Å²) in [5.41, 5.74) is 2.30. The highest BCUT2D eigenvalue weighted by Gasteiger charge is 2.31. The Morgan fingerprint density at radius 2 is 1.79 bits per heavy atom. The zero-order valence-electron chi connectivity index (χ0n) is 12.9. The van der Waals surface area contributed by atoms with Crippen LogP contribution in [-0.4, -0.2) is 22.2 Å². The number of aliphatic hydroxyl groups excluding tert-OH is 1. The first-order valence-electron chi connectivity index (χ1n) is 7.92. The fourth-order valence-electron chi connectivity index (χ4n) is 3.38. The van der Waals surface area contributed by atoms with E-state index in [0.29, 0.717) is 17.4 Å². The van der Waals surface area contributed by atoms with Gasteiger partial charge in [0.25, 0.3) is 5.91 Å². The number of amides is 1. The average molecular weight is 319 g/mol. The third-order valence-corrected chi connectivity index (χ3v) is 4.61. The predicted octanol–water partition coefficient (Wildman–Crippen LogP) is 2.93. The minimum Gasteiger partial charge on any atom is -0.507 e. The first kappa shape index (κ1) is 14.7. The van der Waals surface area contributed by atoms with Crippen molar-refractivity contribution in [3.05, 3.63) is 77.4 Å². The van der Waals surface area contributed by atoms with E-state index in [1.807, 2.05) is 48.5 Å². The maximum absolute atomic E-state index is 12.6. The van der Waals surface area contributed by atoms with Gasteiger partial charge >= 0.3 is 0 Å². The van der Waals surface area contributed by atoms with Gasteiger partial charge in [-0.05, 0) is 35.1 Å². The second kappa shape index (κ2) is 5.65. The van der Waals surface area contributed by atoms with Crippen molar-refractivity contribution in [2.45, 2.75) is 18.6 Å². The molecule has 3 aromatic rings. The van der Waals surface area contributed by atoms with Crippen LogP contribution in [0.5, 0.6) is 5.75 Å². The SMILES string of the molecule is O=C(NC1Cc2ccccc2C1O)c1cc(O)c2ccccc2c1. The molecule has 0 saturated carbocycles. The number of aromatic hydroxyl groups is 1. The summed E-state index contributed by atoms with van der Waals surface area (Å²) < 4.78 is 0. The molecule has 4 rings (SSSR count). The summed E-state index contributed by atoms with van der Waals surface area (Å²) in [6.07, 6.45) is -0.109. The molecule has 24 heavy (non-hydrogen) atoms. The molecule has 1 amide bonds. The Labute approximate surface area is 139 Å². The number of carbonyl (C=O) groups excluding carboxylic acids is 1. The topological polar surface area (TPSA) is 69.6 Å². The van der Waals surface area contributed by atoms with Crippen molar-refractivity contribution in [2.75, 3.05) is 0 Å². The molecule has 0 bridgehead atoms. The number of carbonyl (C=O) groups is 1. The molecule has 4 heteroatoms. The molecule has 2 atom stereocenters. The van der Waals surface area contributed by atoms with E-state index in [4.69, 9.17) is 0 Å². The predicted molar refractivity (Wildman–Crippen MR) is 92.0 cm³/mol. The molecular weight excluding hydrogens is 302 g/mol. The summed E-state index contributed by atoms with van der Waals surface area (Å²) in [4.78, 5) is 12.6. The van der Waals surface area contributed by atoms with E-state index in [0.717, 1.165) is 16.5 Å². The van der Waals surface area contributed by atoms with Gasteiger partial charge in [0.1, 0.15) is 5.75 Å². The maximum atomic E-state index is 12.6. The summed E-state index contributed by atoms with van der Waals surface area (Å²) in [5.74, 6) is -0.221. The van der Waals surface area contributed by atoms with Crippen LogP contribution in [0.4, 0.5) is 0 Å². The van der Waals surface area contributed by atoms with Gasteiger partial charge in [-0.2, -0.15) is 0 Å². The number of rotatable bonds is 2. The number of aliphatic hydroxyl groups is 1. The number of nitrogens with one attached hydrogen (secondary N) is 1. The summed E-state index contributed by atoms with van der Waals surface area (Å²) in [6.45, 7) is 0. The first-order valence-corrected chi connectivity index (χ1v) is 7.92. The van der Waals surface area contributed by atoms with Crippen molar-refractivity contribution in [1.29, 1.82) is 0 Å². The molecule has 1 aliphatic rings. The van der Waals surface area contributed by atoms with Crippen molar-refractivity contribution in [3.8, 4) is 5.75 Å². The van der Waals surface area contributed by atoms with E-state index in [9.17, 15) is 15.0 Å². The van der Waals surface area contributed by atoms with E-state index in [1.165, 1.54) is 6.07 Å². The van der Waals surface area contributed by atoms with Crippen LogP contribution < -0.4 is 5.32 Å². The second-order valence-electron chi connectivity index (χ2n) is 6.14. The molecule has 2 unspecified atom stereocenters. The van der Waals surface area contributed by atoms with Gasteiger partial charge in [-0.3, -0.25) is 4.79 Å². The first-order chi connectivity index (χ1) is 11.6. The minimum absolute atomic E-state index is 0.0773. The Bertz CT molecular complexity index is 935. The molecule has 0 radical (unpaired) electrons. The van der Waals surface area contributed by atoms with Crippen molar-refractivity contribution < 1.29 is 15.0 Å². The molecule has 0 heterocycles. The fourth-order valence-corrected chi connectivity index (χ4v) is 3.38. The second-order valence-corrected chi connectivity index (χ2v) is 6.14. The van der Waals surface area contributed by atoms with Crippen LogP contribution in [0.2, 0.25) is 0 Å². The number of fused-ring (bicyclic) bond motifs is 2. The molecule has 0 saturated heterocycles. The Hall–Kier alpha value is -2.85. The van der Waals surface area contributed by atoms with Crippen LogP contribution in [0.25, 0.3) is 10.8 Å². The lowest BCUT2D eigenvalue weighted by Crippen LogP contribution is -2.37. The van der Waals surface area contributed by atoms with Gasteiger partial charge in [-0.25, -0.2) is 0 Å². The molecule has 0 fully saturated rings. The van der Waals surface area contributed by atoms with Crippen LogP contribution >= 0.6 is 0 Å². The van der Waals surface area contributed by atoms with E-state index in [2.05, 4.69) is 5.32 Å². The fraction of sp³-hybridized carbons (Fsp3) is 0.150. The Morgan fingerprint density at radius 1 is 1.04 bits per heavy atom. The van der Waals surface area contributed by atoms with E-state index in [-0.39, 0.29) is 17.7 Å². The molecule has 0 aromatic heterocycles. The number of phenolic OH excluding ortho intramolecular Hbond substituents is 1. The minimum atomic E-state index is -0.709. The van der Waals surface area contributed by atoms with Gasteiger partial charge in [-0.15, -0.1) is 0 Å². The average Bonchev–Trinajstić information content (AvgIpc) is 2.91. The lowest BCUT2D eigenvalue weighted by Gasteiger charge is -2.17. The van der Waals surface area contributed by atoms with Crippen molar-refractivity contribution in [2.24, 2.45) is 0 Å². The van der Waals surface area contributed by atoms with Gasteiger partial charge in [0, 0.05) is 10.9 Å². The zero-order valence-corrected chi connectivity index (χ0v) is 12.9. The summed E-state index contributed by atoms with van der Waals surface area (Å²) in [5, 5.41) is 24.9. The molecule has 0 aliphatic heterocycles. The van der Waals surface area contributed by atoms with Crippen LogP contribution in [0.15, 0.2) is 60.7 Å². The standard InChI is InChI=1S/C20H17NO3/c22-18-11-14(9-12-5-1-3-7-15(12)18)20(24)21-17-10-13-6-2-4-8-16(13)19(17)23/h1-9,11,17,19,22-23H,10H2,(H,21,24). The van der Waals surface area contributed by atoms with Crippen molar-refractivity contribution in [1.82, 2.24) is 5.32 Å². The number of benzene rings is 3. The van der Waals surface area contributed by atoms with Gasteiger partial charge in [0.15, 0.2) is 0 Å². The normalized spacial score (nSPS) is 19.2. The van der Waals surface area contributed by atoms with Crippen LogP contribution in [0.1, 0.15) is 27.6 Å². The molecule has 0 spiro atoms. The number of phenols is 1. The Morgan fingerprint density at radius 3 is 2.62 bits per heavy atom. The third kappa shape index (κ3) is 2.41. The highest BCUT2D eigenvalue weighted by atomic mass is 16.3. The van der Waals surface area contributed by atoms with Crippen molar-refractivity contribution >= 4 is 16.7 Å². The Balaban J connectivity index is 1.59. The zero-order chi connectivity index (χ0) is 16.7. The molecule has 1 aliphatic carbocycles. The largest absolute Gasteiger partial charge is 0.507 e. The van der Waals surface area contributed by atoms with E-state index < -0.39 is 6.10 Å². The van der Waals surface area contributed by atoms with Gasteiger partial charge in [-0.1, -0.05) is 48.5 Å². The summed E-state index contributed by atoms with van der Waals surface area (Å²) >= 11 is 0. The van der Waals surface area contributed by atoms with Crippen LogP contribution in [-0.2, 0) is 6.42 Å². The van der Waals surface area contributed by atoms with Gasteiger partial charge in [0.05, 0.1) is 12.1 Å². The smallest absolute Gasteiger partial charge is 0.251 e. The van der Waals surface area contributed by atoms with Crippen LogP contribution in [0.3, 0.4) is 0 Å². The maximum Gasteiger partial charge on any atom is 0.251 e. The number of hydrogen-bond acceptors (Lipinski definition) is 3. The van der Waals surface area contributed by atoms with Gasteiger partial charge in [0.2, 0.25) is 0 Å². The molecule has 3 N–H and O–H groups in total. The quantitative estimate of drug-likeness (QED) is 0.680. The van der Waals surface area contributed by atoms with Gasteiger partial charge < -0.3 is 15.5 Å². The molecule has 120 valence electrons. The lowest BCUT2D eigenvalue weighted by molar-refractivity contribution is 0.0858. The molecule has 4 nitrogen and oxygen atoms in total. The third-order valence-electron chi connectivity index (χ3n) is 4.61. The monoisotopic (exact) mass is 319 g/mol. The number of hydrogen-bond donors (Lipinski definition) is 3. The van der Waals surface area contributed by atoms with Crippen LogP contribution in [0, 0.1) is 0 Å². The molecule has 3 aromatic carbocycles. The summed E-state index contributed by atoms with van der Waals surface area (Å²) in [7, 11) is 0. The highest BCUT2D eigenvalue weighted by Crippen LogP contribution is 2.32. The van der Waals surface area contributed by atoms with E-state index >= 15 is 0 Å².